The van der Waals surface area contributed by atoms with Crippen LogP contribution in [0.3, 0.4) is 0 Å². The van der Waals surface area contributed by atoms with Crippen molar-refractivity contribution in [2.45, 2.75) is 25.6 Å². The first-order valence-corrected chi connectivity index (χ1v) is 12.6. The summed E-state index contributed by atoms with van der Waals surface area (Å²) in [6.07, 6.45) is 0. The summed E-state index contributed by atoms with van der Waals surface area (Å²) >= 11 is 1.87. The molecule has 0 spiro atoms. The first-order chi connectivity index (χ1) is 17.0. The average molecular weight is 496 g/mol. The fourth-order valence-electron chi connectivity index (χ4n) is 3.73. The maximum absolute atomic E-state index is 13.5. The third-order valence-electron chi connectivity index (χ3n) is 5.45. The number of aromatic nitrogens is 2. The molecule has 5 nitrogen and oxygen atoms in total. The van der Waals surface area contributed by atoms with Gasteiger partial charge in [0, 0.05) is 16.7 Å². The number of carbonyl (C=O) groups excluding carboxylic acids is 1. The molecular formula is C27H27F2N3O2S. The van der Waals surface area contributed by atoms with Crippen LogP contribution < -0.4 is 10.1 Å². The van der Waals surface area contributed by atoms with Gasteiger partial charge in [-0.3, -0.25) is 4.79 Å². The fraction of sp³-hybridized carbons (Fsp3) is 0.259. The maximum atomic E-state index is 13.5. The molecule has 182 valence electrons. The summed E-state index contributed by atoms with van der Waals surface area (Å²) < 4.78 is 33.6. The van der Waals surface area contributed by atoms with Gasteiger partial charge in [-0.1, -0.05) is 31.2 Å². The van der Waals surface area contributed by atoms with Crippen molar-refractivity contribution in [3.8, 4) is 22.7 Å². The molecule has 8 heteroatoms. The Hall–Kier alpha value is -3.39. The third kappa shape index (κ3) is 6.00. The predicted molar refractivity (Wildman–Crippen MR) is 137 cm³/mol. The minimum Gasteiger partial charge on any atom is -0.491 e. The average Bonchev–Trinajstić information content (AvgIpc) is 3.25. The molecule has 35 heavy (non-hydrogen) atoms. The number of rotatable bonds is 10. The Bertz CT molecular complexity index is 1290. The van der Waals surface area contributed by atoms with Gasteiger partial charge in [-0.25, -0.2) is 13.5 Å². The van der Waals surface area contributed by atoms with E-state index in [-0.39, 0.29) is 18.5 Å². The maximum Gasteiger partial charge on any atom is 0.251 e. The van der Waals surface area contributed by atoms with E-state index in [1.165, 1.54) is 17.7 Å². The van der Waals surface area contributed by atoms with E-state index in [0.717, 1.165) is 39.4 Å². The molecule has 1 aromatic heterocycles. The molecule has 3 aromatic carbocycles. The first kappa shape index (κ1) is 24.7. The third-order valence-corrected chi connectivity index (χ3v) is 6.40. The zero-order valence-corrected chi connectivity index (χ0v) is 20.4. The number of carbonyl (C=O) groups is 1. The van der Waals surface area contributed by atoms with Crippen molar-refractivity contribution in [2.75, 3.05) is 19.0 Å². The molecule has 0 saturated carbocycles. The Kier molecular flexibility index (Phi) is 8.02. The van der Waals surface area contributed by atoms with Gasteiger partial charge in [0.05, 0.1) is 17.2 Å². The number of amides is 1. The molecule has 1 amide bonds. The van der Waals surface area contributed by atoms with E-state index in [1.807, 2.05) is 30.0 Å². The molecule has 4 rings (SSSR count). The lowest BCUT2D eigenvalue weighted by atomic mass is 10.1. The molecule has 1 atom stereocenters. The number of benzene rings is 3. The molecule has 0 aliphatic rings. The molecular weight excluding hydrogens is 468 g/mol. The number of hydrogen-bond acceptors (Lipinski definition) is 4. The van der Waals surface area contributed by atoms with Gasteiger partial charge in [-0.2, -0.15) is 16.9 Å². The van der Waals surface area contributed by atoms with Crippen molar-refractivity contribution in [2.24, 2.45) is 0 Å². The van der Waals surface area contributed by atoms with Crippen LogP contribution in [0, 0.1) is 5.82 Å². The van der Waals surface area contributed by atoms with Crippen LogP contribution in [0.5, 0.6) is 5.75 Å². The van der Waals surface area contributed by atoms with Gasteiger partial charge in [-0.05, 0) is 60.7 Å². The lowest BCUT2D eigenvalue weighted by Gasteiger charge is -2.14. The highest BCUT2D eigenvalue weighted by Gasteiger charge is 2.16. The quantitative estimate of drug-likeness (QED) is 0.296. The van der Waals surface area contributed by atoms with E-state index in [2.05, 4.69) is 36.5 Å². The number of nitrogens with one attached hydrogen (secondary N) is 1. The largest absolute Gasteiger partial charge is 0.491 e. The van der Waals surface area contributed by atoms with Gasteiger partial charge in [0.25, 0.3) is 5.91 Å². The number of hydrogen-bond donors (Lipinski definition) is 1. The van der Waals surface area contributed by atoms with E-state index < -0.39 is 12.6 Å². The van der Waals surface area contributed by atoms with E-state index in [1.54, 1.807) is 23.7 Å². The van der Waals surface area contributed by atoms with Gasteiger partial charge < -0.3 is 10.1 Å². The van der Waals surface area contributed by atoms with Crippen molar-refractivity contribution in [3.63, 3.8) is 0 Å². The zero-order chi connectivity index (χ0) is 24.8. The van der Waals surface area contributed by atoms with Gasteiger partial charge in [-0.15, -0.1) is 0 Å². The van der Waals surface area contributed by atoms with Gasteiger partial charge >= 0.3 is 0 Å². The van der Waals surface area contributed by atoms with Crippen molar-refractivity contribution in [1.82, 2.24) is 15.1 Å². The van der Waals surface area contributed by atoms with Crippen molar-refractivity contribution >= 4 is 28.6 Å². The molecule has 0 radical (unpaired) electrons. The summed E-state index contributed by atoms with van der Waals surface area (Å²) in [7, 11) is 0. The van der Waals surface area contributed by atoms with E-state index in [4.69, 9.17) is 9.84 Å². The van der Waals surface area contributed by atoms with Gasteiger partial charge in [0.2, 0.25) is 0 Å². The second-order valence-corrected chi connectivity index (χ2v) is 9.44. The van der Waals surface area contributed by atoms with Crippen LogP contribution in [0.15, 0.2) is 66.7 Å². The second-order valence-electron chi connectivity index (χ2n) is 8.16. The van der Waals surface area contributed by atoms with Crippen LogP contribution in [0.1, 0.15) is 19.4 Å². The lowest BCUT2D eigenvalue weighted by molar-refractivity contribution is -0.122. The molecule has 1 heterocycles. The zero-order valence-electron chi connectivity index (χ0n) is 19.6. The van der Waals surface area contributed by atoms with E-state index >= 15 is 0 Å². The Morgan fingerprint density at radius 3 is 2.54 bits per heavy atom. The number of nitrogens with zero attached hydrogens (tertiary/aromatic N) is 2. The Labute approximate surface area is 207 Å². The van der Waals surface area contributed by atoms with Crippen molar-refractivity contribution < 1.29 is 18.3 Å². The van der Waals surface area contributed by atoms with Crippen molar-refractivity contribution in [1.29, 1.82) is 0 Å². The molecule has 0 saturated heterocycles. The summed E-state index contributed by atoms with van der Waals surface area (Å²) in [6.45, 7) is 3.03. The molecule has 0 fully saturated rings. The number of ether oxygens (including phenoxy) is 1. The number of fused-ring (bicyclic) bond motifs is 1. The normalized spacial score (nSPS) is 12.0. The van der Waals surface area contributed by atoms with Crippen LogP contribution in [-0.4, -0.2) is 40.8 Å². The minimum atomic E-state index is -1.06. The van der Waals surface area contributed by atoms with E-state index in [9.17, 15) is 13.6 Å². The molecule has 0 aliphatic carbocycles. The number of thioether (sulfide) groups is 1. The Balaban J connectivity index is 1.69. The topological polar surface area (TPSA) is 56.1 Å². The molecule has 1 unspecified atom stereocenters. The number of alkyl halides is 1. The summed E-state index contributed by atoms with van der Waals surface area (Å²) in [5.41, 5.74) is 4.58. The smallest absolute Gasteiger partial charge is 0.251 e. The summed E-state index contributed by atoms with van der Waals surface area (Å²) in [5, 5.41) is 8.29. The van der Waals surface area contributed by atoms with Gasteiger partial charge in [0.15, 0.2) is 6.67 Å². The first-order valence-electron chi connectivity index (χ1n) is 11.4. The SMILES string of the molecule is CCSCc1ccc(-c2nn(-c3ccc(F)cc3)c3ccc(OCC(C)NC(=O)CF)cc23)cc1. The van der Waals surface area contributed by atoms with Crippen LogP contribution in [0.4, 0.5) is 8.78 Å². The van der Waals surface area contributed by atoms with Crippen molar-refractivity contribution in [3.05, 3.63) is 78.1 Å². The van der Waals surface area contributed by atoms with Crippen LogP contribution in [-0.2, 0) is 10.5 Å². The molecule has 4 aromatic rings. The standard InChI is InChI=1S/C27H27F2N3O2S/c1-3-35-17-19-4-6-20(7-5-19)27-24-14-23(34-16-18(2)30-26(33)15-28)12-13-25(24)32(31-27)22-10-8-21(29)9-11-22/h4-14,18H,3,15-17H2,1-2H3,(H,30,33). The molecule has 0 bridgehead atoms. The summed E-state index contributed by atoms with van der Waals surface area (Å²) in [4.78, 5) is 11.3. The summed E-state index contributed by atoms with van der Waals surface area (Å²) in [5.74, 6) is 1.65. The second kappa shape index (κ2) is 11.4. The highest BCUT2D eigenvalue weighted by Crippen LogP contribution is 2.33. The predicted octanol–water partition coefficient (Wildman–Crippen LogP) is 5.94. The monoisotopic (exact) mass is 495 g/mol. The lowest BCUT2D eigenvalue weighted by Crippen LogP contribution is -2.37. The molecule has 1 N–H and O–H groups in total. The molecule has 0 aliphatic heterocycles. The van der Waals surface area contributed by atoms with E-state index in [0.29, 0.717) is 5.75 Å². The fourth-order valence-corrected chi connectivity index (χ4v) is 4.37. The Morgan fingerprint density at radius 2 is 1.86 bits per heavy atom. The highest BCUT2D eigenvalue weighted by atomic mass is 32.2. The van der Waals surface area contributed by atoms with Crippen LogP contribution in [0.25, 0.3) is 27.8 Å². The minimum absolute atomic E-state index is 0.197. The summed E-state index contributed by atoms with van der Waals surface area (Å²) in [6, 6.07) is 19.8. The Morgan fingerprint density at radius 1 is 1.11 bits per heavy atom. The number of halogens is 2. The van der Waals surface area contributed by atoms with Gasteiger partial charge in [0.1, 0.15) is 23.9 Å². The van der Waals surface area contributed by atoms with Crippen LogP contribution in [0.2, 0.25) is 0 Å². The highest BCUT2D eigenvalue weighted by molar-refractivity contribution is 7.98. The van der Waals surface area contributed by atoms with Crippen LogP contribution >= 0.6 is 11.8 Å².